The molecule has 5 heteroatoms. The third-order valence-electron chi connectivity index (χ3n) is 4.66. The normalized spacial score (nSPS) is 41.7. The molecule has 0 spiro atoms. The zero-order valence-electron chi connectivity index (χ0n) is 12.4. The third kappa shape index (κ3) is 2.54. The molecule has 2 aliphatic heterocycles. The lowest BCUT2D eigenvalue weighted by Crippen LogP contribution is -2.58. The lowest BCUT2D eigenvalue weighted by Gasteiger charge is -2.50. The Hall–Kier alpha value is -0.200. The lowest BCUT2D eigenvalue weighted by molar-refractivity contribution is -0.334. The van der Waals surface area contributed by atoms with Gasteiger partial charge in [0.05, 0.1) is 37.3 Å². The van der Waals surface area contributed by atoms with Crippen molar-refractivity contribution >= 4 is 0 Å². The van der Waals surface area contributed by atoms with E-state index in [1.54, 1.807) is 14.2 Å². The fourth-order valence-corrected chi connectivity index (χ4v) is 2.83. The molecule has 5 nitrogen and oxygen atoms in total. The highest BCUT2D eigenvalue weighted by Crippen LogP contribution is 2.42. The van der Waals surface area contributed by atoms with Gasteiger partial charge < -0.3 is 23.7 Å². The van der Waals surface area contributed by atoms with Crippen LogP contribution in [0, 0.1) is 10.8 Å². The maximum atomic E-state index is 5.97. The van der Waals surface area contributed by atoms with Gasteiger partial charge in [-0.05, 0) is 12.8 Å². The van der Waals surface area contributed by atoms with Gasteiger partial charge in [0.15, 0.2) is 12.6 Å². The number of hydrogen-bond acceptors (Lipinski definition) is 5. The van der Waals surface area contributed by atoms with Crippen molar-refractivity contribution < 1.29 is 23.7 Å². The smallest absolute Gasteiger partial charge is 0.167 e. The summed E-state index contributed by atoms with van der Waals surface area (Å²) in [6, 6.07) is 0. The minimum atomic E-state index is -0.133. The summed E-state index contributed by atoms with van der Waals surface area (Å²) in [5.74, 6) is 0. The standard InChI is InChI=1S/C14H26O5/c1-5-13(9-18-11(13)15-3)7-17-8-14(6-2)10-19-12(14)16-4/h11-12H,5-10H2,1-4H3. The topological polar surface area (TPSA) is 46.2 Å². The van der Waals surface area contributed by atoms with Gasteiger partial charge in [0.25, 0.3) is 0 Å². The molecule has 0 aliphatic carbocycles. The van der Waals surface area contributed by atoms with Crippen molar-refractivity contribution in [1.29, 1.82) is 0 Å². The van der Waals surface area contributed by atoms with Gasteiger partial charge in [0.1, 0.15) is 0 Å². The number of rotatable bonds is 8. The van der Waals surface area contributed by atoms with E-state index >= 15 is 0 Å². The number of hydrogen-bond donors (Lipinski definition) is 0. The molecule has 4 unspecified atom stereocenters. The predicted molar refractivity (Wildman–Crippen MR) is 69.8 cm³/mol. The van der Waals surface area contributed by atoms with Crippen LogP contribution < -0.4 is 0 Å². The molecule has 0 aromatic carbocycles. The summed E-state index contributed by atoms with van der Waals surface area (Å²) in [5, 5.41) is 0. The molecule has 2 rings (SSSR count). The van der Waals surface area contributed by atoms with Crippen molar-refractivity contribution in [3.63, 3.8) is 0 Å². The van der Waals surface area contributed by atoms with Crippen molar-refractivity contribution in [2.75, 3.05) is 40.6 Å². The Balaban J connectivity index is 1.82. The fourth-order valence-electron chi connectivity index (χ4n) is 2.83. The summed E-state index contributed by atoms with van der Waals surface area (Å²) in [7, 11) is 3.37. The molecule has 2 fully saturated rings. The van der Waals surface area contributed by atoms with Crippen LogP contribution in [-0.4, -0.2) is 53.2 Å². The highest BCUT2D eigenvalue weighted by molar-refractivity contribution is 4.91. The third-order valence-corrected chi connectivity index (χ3v) is 4.66. The quantitative estimate of drug-likeness (QED) is 0.675. The molecule has 0 N–H and O–H groups in total. The van der Waals surface area contributed by atoms with Crippen molar-refractivity contribution in [2.45, 2.75) is 39.3 Å². The van der Waals surface area contributed by atoms with Gasteiger partial charge in [0, 0.05) is 14.2 Å². The van der Waals surface area contributed by atoms with E-state index in [-0.39, 0.29) is 23.4 Å². The van der Waals surface area contributed by atoms with Gasteiger partial charge >= 0.3 is 0 Å². The molecule has 112 valence electrons. The van der Waals surface area contributed by atoms with Crippen LogP contribution in [0.25, 0.3) is 0 Å². The Morgan fingerprint density at radius 3 is 1.53 bits per heavy atom. The van der Waals surface area contributed by atoms with E-state index in [1.165, 1.54) is 0 Å². The average molecular weight is 274 g/mol. The first-order valence-corrected chi connectivity index (χ1v) is 7.03. The second kappa shape index (κ2) is 6.06. The number of ether oxygens (including phenoxy) is 5. The van der Waals surface area contributed by atoms with Crippen molar-refractivity contribution in [3.05, 3.63) is 0 Å². The summed E-state index contributed by atoms with van der Waals surface area (Å²) in [6.07, 6.45) is 1.72. The Morgan fingerprint density at radius 1 is 0.895 bits per heavy atom. The Bertz CT molecular complexity index is 258. The van der Waals surface area contributed by atoms with E-state index in [0.29, 0.717) is 26.4 Å². The minimum absolute atomic E-state index is 0.0108. The monoisotopic (exact) mass is 274 g/mol. The summed E-state index contributed by atoms with van der Waals surface area (Å²) in [5.41, 5.74) is 0.0215. The Morgan fingerprint density at radius 2 is 1.32 bits per heavy atom. The molecule has 0 saturated carbocycles. The maximum Gasteiger partial charge on any atom is 0.167 e. The Labute approximate surface area is 115 Å². The van der Waals surface area contributed by atoms with Crippen LogP contribution in [-0.2, 0) is 23.7 Å². The molecule has 0 aromatic heterocycles. The van der Waals surface area contributed by atoms with Crippen molar-refractivity contribution in [1.82, 2.24) is 0 Å². The van der Waals surface area contributed by atoms with Crippen LogP contribution in [0.15, 0.2) is 0 Å². The Kier molecular flexibility index (Phi) is 4.84. The first-order valence-electron chi connectivity index (χ1n) is 7.03. The van der Waals surface area contributed by atoms with Crippen LogP contribution in [0.3, 0.4) is 0 Å². The van der Waals surface area contributed by atoms with Crippen LogP contribution in [0.5, 0.6) is 0 Å². The van der Waals surface area contributed by atoms with E-state index < -0.39 is 0 Å². The molecular weight excluding hydrogens is 248 g/mol. The SMILES string of the molecule is CCC1(COCC2(CC)COC2OC)COC1OC. The zero-order chi connectivity index (χ0) is 13.9. The second-order valence-electron chi connectivity index (χ2n) is 5.68. The first-order chi connectivity index (χ1) is 9.16. The molecule has 0 amide bonds. The van der Waals surface area contributed by atoms with E-state index in [9.17, 15) is 0 Å². The van der Waals surface area contributed by atoms with Crippen molar-refractivity contribution in [3.8, 4) is 0 Å². The molecule has 2 heterocycles. The highest BCUT2D eigenvalue weighted by atomic mass is 16.7. The molecule has 0 bridgehead atoms. The van der Waals surface area contributed by atoms with Crippen molar-refractivity contribution in [2.24, 2.45) is 10.8 Å². The van der Waals surface area contributed by atoms with E-state index in [1.807, 2.05) is 0 Å². The van der Waals surface area contributed by atoms with Crippen LogP contribution >= 0.6 is 0 Å². The van der Waals surface area contributed by atoms with Gasteiger partial charge in [-0.15, -0.1) is 0 Å². The first kappa shape index (κ1) is 15.2. The van der Waals surface area contributed by atoms with Gasteiger partial charge in [-0.3, -0.25) is 0 Å². The molecule has 19 heavy (non-hydrogen) atoms. The van der Waals surface area contributed by atoms with Gasteiger partial charge in [-0.2, -0.15) is 0 Å². The molecule has 0 radical (unpaired) electrons. The molecule has 2 aliphatic rings. The molecule has 0 aromatic rings. The van der Waals surface area contributed by atoms with E-state index in [0.717, 1.165) is 12.8 Å². The summed E-state index contributed by atoms with van der Waals surface area (Å²) in [4.78, 5) is 0. The average Bonchev–Trinajstić information content (AvgIpc) is 2.38. The van der Waals surface area contributed by atoms with Gasteiger partial charge in [-0.1, -0.05) is 13.8 Å². The lowest BCUT2D eigenvalue weighted by atomic mass is 9.80. The second-order valence-corrected chi connectivity index (χ2v) is 5.68. The number of methoxy groups -OCH3 is 2. The minimum Gasteiger partial charge on any atom is -0.380 e. The molecule has 2 saturated heterocycles. The maximum absolute atomic E-state index is 5.97. The predicted octanol–water partition coefficient (Wildman–Crippen LogP) is 1.80. The summed E-state index contributed by atoms with van der Waals surface area (Å²) >= 11 is 0. The largest absolute Gasteiger partial charge is 0.380 e. The van der Waals surface area contributed by atoms with E-state index in [2.05, 4.69) is 13.8 Å². The van der Waals surface area contributed by atoms with E-state index in [4.69, 9.17) is 23.7 Å². The van der Waals surface area contributed by atoms with Gasteiger partial charge in [0.2, 0.25) is 0 Å². The van der Waals surface area contributed by atoms with Crippen LogP contribution in [0.4, 0.5) is 0 Å². The zero-order valence-corrected chi connectivity index (χ0v) is 12.4. The van der Waals surface area contributed by atoms with Gasteiger partial charge in [-0.25, -0.2) is 0 Å². The van der Waals surface area contributed by atoms with Crippen LogP contribution in [0.1, 0.15) is 26.7 Å². The highest BCUT2D eigenvalue weighted by Gasteiger charge is 2.51. The summed E-state index contributed by atoms with van der Waals surface area (Å²) < 4.78 is 27.5. The summed E-state index contributed by atoms with van der Waals surface area (Å²) in [6.45, 7) is 7.06. The fraction of sp³-hybridized carbons (Fsp3) is 1.00. The van der Waals surface area contributed by atoms with Crippen LogP contribution in [0.2, 0.25) is 0 Å². The molecule has 4 atom stereocenters. The molecular formula is C14H26O5.